The normalized spacial score (nSPS) is 33.8. The monoisotopic (exact) mass is 170 g/mol. The van der Waals surface area contributed by atoms with Crippen molar-refractivity contribution in [2.45, 2.75) is 18.2 Å². The molecule has 2 rings (SSSR count). The van der Waals surface area contributed by atoms with E-state index in [1.54, 1.807) is 4.57 Å². The maximum atomic E-state index is 9.42. The molecule has 0 saturated heterocycles. The molecule has 66 valence electrons. The highest BCUT2D eigenvalue weighted by Gasteiger charge is 2.38. The van der Waals surface area contributed by atoms with E-state index >= 15 is 0 Å². The summed E-state index contributed by atoms with van der Waals surface area (Å²) in [6, 6.07) is -0.461. The van der Waals surface area contributed by atoms with Gasteiger partial charge in [0.05, 0.1) is 30.9 Å². The van der Waals surface area contributed by atoms with Crippen LogP contribution >= 0.6 is 0 Å². The van der Waals surface area contributed by atoms with E-state index in [-0.39, 0.29) is 6.61 Å². The van der Waals surface area contributed by atoms with E-state index in [1.807, 2.05) is 0 Å². The quantitative estimate of drug-likeness (QED) is 0.496. The summed E-state index contributed by atoms with van der Waals surface area (Å²) in [5, 5.41) is 27.7. The minimum atomic E-state index is -0.926. The van der Waals surface area contributed by atoms with Gasteiger partial charge in [-0.25, -0.2) is 4.98 Å². The molecule has 12 heavy (non-hydrogen) atoms. The summed E-state index contributed by atoms with van der Waals surface area (Å²) in [5.41, 5.74) is 0.557. The van der Waals surface area contributed by atoms with Crippen molar-refractivity contribution >= 4 is 0 Å². The van der Waals surface area contributed by atoms with Crippen molar-refractivity contribution in [1.82, 2.24) is 9.55 Å². The number of aliphatic hydroxyl groups excluding tert-OH is 3. The Morgan fingerprint density at radius 1 is 1.50 bits per heavy atom. The Morgan fingerprint density at radius 2 is 2.25 bits per heavy atom. The zero-order valence-corrected chi connectivity index (χ0v) is 6.33. The van der Waals surface area contributed by atoms with Crippen LogP contribution in [0.5, 0.6) is 0 Å². The minimum Gasteiger partial charge on any atom is -0.394 e. The van der Waals surface area contributed by atoms with Gasteiger partial charge in [-0.1, -0.05) is 0 Å². The van der Waals surface area contributed by atoms with E-state index in [1.165, 1.54) is 12.5 Å². The molecule has 3 N–H and O–H groups in total. The second-order valence-electron chi connectivity index (χ2n) is 2.91. The number of hydrogen-bond donors (Lipinski definition) is 3. The number of aromatic nitrogens is 2. The fraction of sp³-hybridized carbons (Fsp3) is 0.571. The third-order valence-electron chi connectivity index (χ3n) is 2.26. The lowest BCUT2D eigenvalue weighted by Gasteiger charge is -2.14. The molecular weight excluding hydrogens is 160 g/mol. The van der Waals surface area contributed by atoms with Crippen LogP contribution in [0, 0.1) is 0 Å². The number of nitrogens with zero attached hydrogens (tertiary/aromatic N) is 2. The molecule has 1 aliphatic rings. The van der Waals surface area contributed by atoms with Crippen molar-refractivity contribution in [3.63, 3.8) is 0 Å². The van der Waals surface area contributed by atoms with E-state index in [0.29, 0.717) is 5.69 Å². The van der Waals surface area contributed by atoms with Crippen LogP contribution in [0.4, 0.5) is 0 Å². The first-order valence-electron chi connectivity index (χ1n) is 3.74. The Hall–Kier alpha value is -0.910. The van der Waals surface area contributed by atoms with Crippen molar-refractivity contribution in [3.8, 4) is 0 Å². The lowest BCUT2D eigenvalue weighted by molar-refractivity contribution is -0.00109. The Kier molecular flexibility index (Phi) is 1.64. The van der Waals surface area contributed by atoms with Crippen LogP contribution in [-0.4, -0.2) is 37.6 Å². The predicted molar refractivity (Wildman–Crippen MR) is 39.3 cm³/mol. The lowest BCUT2D eigenvalue weighted by Crippen LogP contribution is -2.23. The van der Waals surface area contributed by atoms with Gasteiger partial charge in [0, 0.05) is 0 Å². The summed E-state index contributed by atoms with van der Waals surface area (Å²) in [5.74, 6) is 0. The maximum Gasteiger partial charge on any atom is 0.123 e. The zero-order chi connectivity index (χ0) is 8.72. The third-order valence-corrected chi connectivity index (χ3v) is 2.26. The predicted octanol–water partition coefficient (Wildman–Crippen LogP) is -1.18. The summed E-state index contributed by atoms with van der Waals surface area (Å²) < 4.78 is 1.59. The Labute approximate surface area is 68.9 Å². The van der Waals surface area contributed by atoms with E-state index < -0.39 is 18.2 Å². The maximum absolute atomic E-state index is 9.42. The van der Waals surface area contributed by atoms with Crippen LogP contribution in [0.15, 0.2) is 12.5 Å². The summed E-state index contributed by atoms with van der Waals surface area (Å²) in [7, 11) is 0. The van der Waals surface area contributed by atoms with Crippen molar-refractivity contribution < 1.29 is 15.3 Å². The van der Waals surface area contributed by atoms with Gasteiger partial charge in [0.15, 0.2) is 0 Å². The van der Waals surface area contributed by atoms with Crippen molar-refractivity contribution in [2.75, 3.05) is 6.61 Å². The summed E-state index contributed by atoms with van der Waals surface area (Å²) in [6.45, 7) is -0.193. The fourth-order valence-electron chi connectivity index (χ4n) is 1.57. The number of hydrogen-bond acceptors (Lipinski definition) is 4. The van der Waals surface area contributed by atoms with Crippen molar-refractivity contribution in [1.29, 1.82) is 0 Å². The highest BCUT2D eigenvalue weighted by atomic mass is 16.3. The number of rotatable bonds is 1. The Bertz CT molecular complexity index is 286. The number of fused-ring (bicyclic) bond motifs is 1. The molecule has 1 aromatic rings. The topological polar surface area (TPSA) is 78.5 Å². The molecule has 0 radical (unpaired) electrons. The first kappa shape index (κ1) is 7.72. The first-order valence-corrected chi connectivity index (χ1v) is 3.74. The number of aliphatic hydroxyl groups is 3. The molecule has 2 heterocycles. The van der Waals surface area contributed by atoms with Crippen LogP contribution in [0.25, 0.3) is 0 Å². The molecule has 1 aromatic heterocycles. The molecule has 0 unspecified atom stereocenters. The summed E-state index contributed by atoms with van der Waals surface area (Å²) in [6.07, 6.45) is 1.14. The highest BCUT2D eigenvalue weighted by Crippen LogP contribution is 2.33. The van der Waals surface area contributed by atoms with Gasteiger partial charge in [-0.15, -0.1) is 0 Å². The summed E-state index contributed by atoms with van der Waals surface area (Å²) >= 11 is 0. The first-order chi connectivity index (χ1) is 5.75. The van der Waals surface area contributed by atoms with Gasteiger partial charge in [0.25, 0.3) is 0 Å². The molecule has 5 nitrogen and oxygen atoms in total. The second kappa shape index (κ2) is 2.55. The van der Waals surface area contributed by atoms with Crippen LogP contribution < -0.4 is 0 Å². The molecule has 0 fully saturated rings. The Balaban J connectivity index is 2.42. The van der Waals surface area contributed by atoms with Gasteiger partial charge in [0.2, 0.25) is 0 Å². The standard InChI is InChI=1S/C7H10N2O3/c10-2-5-7(12)6(11)4-1-8-3-9(4)5/h1,3,5-7,10-12H,2H2/t5-,6-,7+/m0/s1. The molecule has 5 heteroatoms. The fourth-order valence-corrected chi connectivity index (χ4v) is 1.57. The van der Waals surface area contributed by atoms with Gasteiger partial charge in [-0.3, -0.25) is 0 Å². The highest BCUT2D eigenvalue weighted by molar-refractivity contribution is 5.13. The van der Waals surface area contributed by atoms with E-state index in [2.05, 4.69) is 4.98 Å². The smallest absolute Gasteiger partial charge is 0.123 e. The van der Waals surface area contributed by atoms with Gasteiger partial charge in [-0.2, -0.15) is 0 Å². The minimum absolute atomic E-state index is 0.193. The second-order valence-corrected chi connectivity index (χ2v) is 2.91. The van der Waals surface area contributed by atoms with Crippen LogP contribution in [0.2, 0.25) is 0 Å². The van der Waals surface area contributed by atoms with Crippen molar-refractivity contribution in [3.05, 3.63) is 18.2 Å². The van der Waals surface area contributed by atoms with Crippen LogP contribution in [0.1, 0.15) is 17.8 Å². The number of imidazole rings is 1. The van der Waals surface area contributed by atoms with E-state index in [9.17, 15) is 10.2 Å². The average molecular weight is 170 g/mol. The molecule has 0 aromatic carbocycles. The molecule has 0 bridgehead atoms. The molecule has 0 amide bonds. The molecule has 1 aliphatic heterocycles. The molecular formula is C7H10N2O3. The van der Waals surface area contributed by atoms with Gasteiger partial charge in [-0.05, 0) is 0 Å². The summed E-state index contributed by atoms with van der Waals surface area (Å²) in [4.78, 5) is 3.81. The molecule has 0 saturated carbocycles. The van der Waals surface area contributed by atoms with Crippen LogP contribution in [0.3, 0.4) is 0 Å². The van der Waals surface area contributed by atoms with E-state index in [4.69, 9.17) is 5.11 Å². The van der Waals surface area contributed by atoms with Gasteiger partial charge >= 0.3 is 0 Å². The van der Waals surface area contributed by atoms with Crippen LogP contribution in [-0.2, 0) is 0 Å². The Morgan fingerprint density at radius 3 is 2.92 bits per heavy atom. The van der Waals surface area contributed by atoms with Gasteiger partial charge in [0.1, 0.15) is 12.2 Å². The molecule has 0 aliphatic carbocycles. The molecule has 0 spiro atoms. The van der Waals surface area contributed by atoms with Gasteiger partial charge < -0.3 is 19.9 Å². The molecule has 3 atom stereocenters. The zero-order valence-electron chi connectivity index (χ0n) is 6.33. The largest absolute Gasteiger partial charge is 0.394 e. The third kappa shape index (κ3) is 0.811. The lowest BCUT2D eigenvalue weighted by atomic mass is 10.1. The SMILES string of the molecule is OC[C@H]1[C@@H](O)[C@@H](O)c2cncn21. The van der Waals surface area contributed by atoms with Crippen molar-refractivity contribution in [2.24, 2.45) is 0 Å². The van der Waals surface area contributed by atoms with E-state index in [0.717, 1.165) is 0 Å². The average Bonchev–Trinajstić information content (AvgIpc) is 2.59.